The van der Waals surface area contributed by atoms with Gasteiger partial charge in [-0.25, -0.2) is 8.42 Å². The third kappa shape index (κ3) is 7.17. The van der Waals surface area contributed by atoms with Gasteiger partial charge in [0.25, 0.3) is 0 Å². The zero-order valence-corrected chi connectivity index (χ0v) is 15.3. The Balaban J connectivity index is 1.83. The summed E-state index contributed by atoms with van der Waals surface area (Å²) in [5, 5.41) is 16.6. The number of nitriles is 1. The van der Waals surface area contributed by atoms with Gasteiger partial charge in [0.15, 0.2) is 9.84 Å². The maximum Gasteiger partial charge on any atom is 0.233 e. The zero-order chi connectivity index (χ0) is 19.9. The Hall–Kier alpha value is -3.38. The van der Waals surface area contributed by atoms with E-state index in [0.717, 1.165) is 6.26 Å². The molecule has 2 rings (SSSR count). The first-order valence-electron chi connectivity index (χ1n) is 7.87. The summed E-state index contributed by atoms with van der Waals surface area (Å²) in [4.78, 5) is 23.8. The first-order valence-corrected chi connectivity index (χ1v) is 9.93. The lowest BCUT2D eigenvalue weighted by Crippen LogP contribution is -2.21. The maximum atomic E-state index is 11.9. The van der Waals surface area contributed by atoms with Crippen LogP contribution in [0.5, 0.6) is 0 Å². The predicted octanol–water partition coefficient (Wildman–Crippen LogP) is 1.94. The summed E-state index contributed by atoms with van der Waals surface area (Å²) in [7, 11) is -3.14. The molecular weight excluding hydrogens is 368 g/mol. The summed E-state index contributed by atoms with van der Waals surface area (Å²) >= 11 is 0. The van der Waals surface area contributed by atoms with Crippen molar-refractivity contribution >= 4 is 38.7 Å². The van der Waals surface area contributed by atoms with Crippen LogP contribution in [0.1, 0.15) is 12.0 Å². The van der Waals surface area contributed by atoms with E-state index in [0.29, 0.717) is 22.6 Å². The molecule has 0 saturated carbocycles. The maximum absolute atomic E-state index is 11.9. The molecule has 8 nitrogen and oxygen atoms in total. The fourth-order valence-electron chi connectivity index (χ4n) is 2.07. The quantitative estimate of drug-likeness (QED) is 0.624. The second kappa shape index (κ2) is 8.82. The second-order valence-corrected chi connectivity index (χ2v) is 7.93. The number of sulfone groups is 1. The first kappa shape index (κ1) is 19.9. The van der Waals surface area contributed by atoms with Gasteiger partial charge in [0.2, 0.25) is 11.8 Å². The third-order valence-corrected chi connectivity index (χ3v) is 3.99. The van der Waals surface area contributed by atoms with E-state index in [1.807, 2.05) is 6.07 Å². The van der Waals surface area contributed by atoms with Gasteiger partial charge in [-0.1, -0.05) is 0 Å². The summed E-state index contributed by atoms with van der Waals surface area (Å²) in [6.07, 6.45) is 0.756. The van der Waals surface area contributed by atoms with Crippen molar-refractivity contribution in [3.8, 4) is 6.07 Å². The number of hydrogen-bond acceptors (Lipinski definition) is 6. The van der Waals surface area contributed by atoms with Gasteiger partial charge in [-0.05, 0) is 48.5 Å². The highest BCUT2D eigenvalue weighted by Crippen LogP contribution is 2.14. The number of carbonyl (C=O) groups is 2. The zero-order valence-electron chi connectivity index (χ0n) is 14.5. The minimum Gasteiger partial charge on any atom is -0.372 e. The van der Waals surface area contributed by atoms with Crippen LogP contribution in [0.2, 0.25) is 0 Å². The van der Waals surface area contributed by atoms with Crippen LogP contribution in [0.25, 0.3) is 0 Å². The predicted molar refractivity (Wildman–Crippen MR) is 103 cm³/mol. The minimum absolute atomic E-state index is 0.186. The number of rotatable bonds is 7. The molecule has 0 radical (unpaired) electrons. The van der Waals surface area contributed by atoms with Crippen molar-refractivity contribution in [1.82, 2.24) is 0 Å². The fourth-order valence-corrected chi connectivity index (χ4v) is 2.50. The molecule has 0 aliphatic rings. The molecule has 0 aliphatic carbocycles. The molecule has 0 bridgehead atoms. The number of benzene rings is 2. The highest BCUT2D eigenvalue weighted by molar-refractivity contribution is 7.90. The van der Waals surface area contributed by atoms with Crippen molar-refractivity contribution in [3.05, 3.63) is 54.1 Å². The molecule has 3 N–H and O–H groups in total. The normalized spacial score (nSPS) is 10.5. The van der Waals surface area contributed by atoms with E-state index >= 15 is 0 Å². The smallest absolute Gasteiger partial charge is 0.233 e. The Morgan fingerprint density at radius 2 is 1.33 bits per heavy atom. The average Bonchev–Trinajstić information content (AvgIpc) is 2.61. The number of hydrogen-bond donors (Lipinski definition) is 3. The van der Waals surface area contributed by atoms with Crippen LogP contribution in [0.3, 0.4) is 0 Å². The lowest BCUT2D eigenvalue weighted by atomic mass is 10.2. The lowest BCUT2D eigenvalue weighted by molar-refractivity contribution is -0.123. The molecule has 0 heterocycles. The summed E-state index contributed by atoms with van der Waals surface area (Å²) in [6.45, 7) is 0. The van der Waals surface area contributed by atoms with E-state index in [-0.39, 0.29) is 12.3 Å². The van der Waals surface area contributed by atoms with E-state index in [1.165, 1.54) is 0 Å². The Kier molecular flexibility index (Phi) is 6.51. The first-order chi connectivity index (χ1) is 12.7. The molecule has 140 valence electrons. The Morgan fingerprint density at radius 3 is 1.78 bits per heavy atom. The third-order valence-electron chi connectivity index (χ3n) is 3.33. The standard InChI is InChI=1S/C18H18N4O4S/c1-27(25,26)12-20-14-6-8-16(9-7-14)22-18(24)10-17(23)21-15-4-2-13(11-19)3-5-15/h2-9,20H,10,12H2,1H3,(H,21,23)(H,22,24). The van der Waals surface area contributed by atoms with Gasteiger partial charge in [-0.15, -0.1) is 0 Å². The van der Waals surface area contributed by atoms with Crippen molar-refractivity contribution in [2.75, 3.05) is 28.1 Å². The molecule has 0 spiro atoms. The molecule has 0 fully saturated rings. The van der Waals surface area contributed by atoms with E-state index < -0.39 is 21.7 Å². The average molecular weight is 386 g/mol. The van der Waals surface area contributed by atoms with Gasteiger partial charge in [-0.2, -0.15) is 5.26 Å². The van der Waals surface area contributed by atoms with E-state index in [2.05, 4.69) is 16.0 Å². The minimum atomic E-state index is -3.14. The monoisotopic (exact) mass is 386 g/mol. The van der Waals surface area contributed by atoms with Crippen LogP contribution in [-0.2, 0) is 19.4 Å². The lowest BCUT2D eigenvalue weighted by Gasteiger charge is -2.08. The van der Waals surface area contributed by atoms with Gasteiger partial charge in [-0.3, -0.25) is 9.59 Å². The van der Waals surface area contributed by atoms with Crippen LogP contribution in [-0.4, -0.2) is 32.4 Å². The molecule has 2 aromatic carbocycles. The number of nitrogens with one attached hydrogen (secondary N) is 3. The van der Waals surface area contributed by atoms with Crippen molar-refractivity contribution in [1.29, 1.82) is 5.26 Å². The van der Waals surface area contributed by atoms with Crippen LogP contribution < -0.4 is 16.0 Å². The molecule has 2 amide bonds. The number of amides is 2. The molecule has 0 atom stereocenters. The summed E-state index contributed by atoms with van der Waals surface area (Å²) < 4.78 is 22.2. The molecule has 9 heteroatoms. The van der Waals surface area contributed by atoms with Crippen LogP contribution >= 0.6 is 0 Å². The van der Waals surface area contributed by atoms with Crippen LogP contribution in [0, 0.1) is 11.3 Å². The number of carbonyl (C=O) groups excluding carboxylic acids is 2. The summed E-state index contributed by atoms with van der Waals surface area (Å²) in [5.74, 6) is -1.16. The second-order valence-electron chi connectivity index (χ2n) is 5.79. The van der Waals surface area contributed by atoms with Gasteiger partial charge < -0.3 is 16.0 Å². The van der Waals surface area contributed by atoms with Gasteiger partial charge in [0, 0.05) is 23.3 Å². The molecule has 0 aliphatic heterocycles. The van der Waals surface area contributed by atoms with E-state index in [4.69, 9.17) is 5.26 Å². The van der Waals surface area contributed by atoms with E-state index in [1.54, 1.807) is 48.5 Å². The molecule has 0 aromatic heterocycles. The number of nitrogens with zero attached hydrogens (tertiary/aromatic N) is 1. The van der Waals surface area contributed by atoms with Gasteiger partial charge in [0.1, 0.15) is 12.3 Å². The largest absolute Gasteiger partial charge is 0.372 e. The Morgan fingerprint density at radius 1 is 0.889 bits per heavy atom. The van der Waals surface area contributed by atoms with Gasteiger partial charge >= 0.3 is 0 Å². The number of anilines is 3. The Labute approximate surface area is 157 Å². The highest BCUT2D eigenvalue weighted by atomic mass is 32.2. The van der Waals surface area contributed by atoms with E-state index in [9.17, 15) is 18.0 Å². The molecule has 27 heavy (non-hydrogen) atoms. The highest BCUT2D eigenvalue weighted by Gasteiger charge is 2.10. The fraction of sp³-hybridized carbons (Fsp3) is 0.167. The van der Waals surface area contributed by atoms with Crippen LogP contribution in [0.15, 0.2) is 48.5 Å². The van der Waals surface area contributed by atoms with Crippen molar-refractivity contribution in [2.45, 2.75) is 6.42 Å². The van der Waals surface area contributed by atoms with Crippen molar-refractivity contribution in [2.24, 2.45) is 0 Å². The molecular formula is C18H18N4O4S. The molecule has 0 unspecified atom stereocenters. The van der Waals surface area contributed by atoms with Crippen molar-refractivity contribution < 1.29 is 18.0 Å². The molecule has 2 aromatic rings. The van der Waals surface area contributed by atoms with Crippen molar-refractivity contribution in [3.63, 3.8) is 0 Å². The summed E-state index contributed by atoms with van der Waals surface area (Å²) in [6, 6.07) is 14.7. The Bertz CT molecular complexity index is 962. The SMILES string of the molecule is CS(=O)(=O)CNc1ccc(NC(=O)CC(=O)Nc2ccc(C#N)cc2)cc1. The van der Waals surface area contributed by atoms with Crippen LogP contribution in [0.4, 0.5) is 17.1 Å². The topological polar surface area (TPSA) is 128 Å². The summed E-state index contributed by atoms with van der Waals surface area (Å²) in [5.41, 5.74) is 2.04. The molecule has 0 saturated heterocycles. The van der Waals surface area contributed by atoms with Gasteiger partial charge in [0.05, 0.1) is 11.6 Å².